The first-order valence-corrected chi connectivity index (χ1v) is 10.2. The number of hydrogen-bond acceptors (Lipinski definition) is 6. The van der Waals surface area contributed by atoms with Crippen LogP contribution < -0.4 is 15.8 Å². The second-order valence-electron chi connectivity index (χ2n) is 6.96. The fourth-order valence-electron chi connectivity index (χ4n) is 2.89. The fourth-order valence-corrected chi connectivity index (χ4v) is 3.73. The molecule has 3 N–H and O–H groups in total. The number of nitrogens with zero attached hydrogens (tertiary/aromatic N) is 1. The highest BCUT2D eigenvalue weighted by Gasteiger charge is 2.35. The monoisotopic (exact) mass is 439 g/mol. The van der Waals surface area contributed by atoms with Crippen molar-refractivity contribution >= 4 is 46.5 Å². The van der Waals surface area contributed by atoms with Crippen LogP contribution in [0.5, 0.6) is 5.75 Å². The molecule has 1 saturated heterocycles. The Bertz CT molecular complexity index is 1080. The number of imide groups is 1. The van der Waals surface area contributed by atoms with Crippen LogP contribution in [0.25, 0.3) is 6.08 Å². The molecule has 3 rings (SSSR count). The predicted molar refractivity (Wildman–Crippen MR) is 118 cm³/mol. The largest absolute Gasteiger partial charge is 0.484 e. The molecule has 31 heavy (non-hydrogen) atoms. The Labute approximate surface area is 183 Å². The molecule has 2 aromatic rings. The van der Waals surface area contributed by atoms with Crippen molar-refractivity contribution in [3.63, 3.8) is 0 Å². The van der Waals surface area contributed by atoms with E-state index in [1.807, 2.05) is 32.0 Å². The lowest BCUT2D eigenvalue weighted by Crippen LogP contribution is -2.36. The number of primary amides is 1. The first kappa shape index (κ1) is 22.1. The molecular formula is C22H21N3O5S. The minimum atomic E-state index is -0.758. The predicted octanol–water partition coefficient (Wildman–Crippen LogP) is 2.84. The summed E-state index contributed by atoms with van der Waals surface area (Å²) in [4.78, 5) is 48.2. The van der Waals surface area contributed by atoms with Gasteiger partial charge < -0.3 is 15.8 Å². The molecule has 2 aromatic carbocycles. The van der Waals surface area contributed by atoms with Gasteiger partial charge in [0.25, 0.3) is 17.1 Å². The van der Waals surface area contributed by atoms with Gasteiger partial charge in [-0.25, -0.2) is 0 Å². The summed E-state index contributed by atoms with van der Waals surface area (Å²) >= 11 is 0.746. The number of carbonyl (C=O) groups excluding carboxylic acids is 4. The lowest BCUT2D eigenvalue weighted by Gasteiger charge is -2.10. The first-order chi connectivity index (χ1) is 14.7. The van der Waals surface area contributed by atoms with E-state index in [9.17, 15) is 19.2 Å². The summed E-state index contributed by atoms with van der Waals surface area (Å²) < 4.78 is 5.51. The number of anilines is 1. The number of aryl methyl sites for hydroxylation is 2. The second-order valence-corrected chi connectivity index (χ2v) is 7.95. The summed E-state index contributed by atoms with van der Waals surface area (Å²) in [6, 6.07) is 12.5. The van der Waals surface area contributed by atoms with Crippen molar-refractivity contribution in [3.05, 3.63) is 64.1 Å². The number of nitrogens with one attached hydrogen (secondary N) is 1. The van der Waals surface area contributed by atoms with Crippen LogP contribution in [0.15, 0.2) is 47.4 Å². The van der Waals surface area contributed by atoms with Crippen molar-refractivity contribution in [1.29, 1.82) is 0 Å². The van der Waals surface area contributed by atoms with Gasteiger partial charge in [0, 0.05) is 5.69 Å². The van der Waals surface area contributed by atoms with Crippen LogP contribution in [-0.4, -0.2) is 41.0 Å². The normalized spacial score (nSPS) is 14.8. The third-order valence-corrected chi connectivity index (χ3v) is 5.30. The topological polar surface area (TPSA) is 119 Å². The van der Waals surface area contributed by atoms with E-state index in [1.54, 1.807) is 30.3 Å². The van der Waals surface area contributed by atoms with E-state index in [1.165, 1.54) is 0 Å². The fraction of sp³-hybridized carbons (Fsp3) is 0.182. The van der Waals surface area contributed by atoms with E-state index >= 15 is 0 Å². The SMILES string of the molecule is Cc1ccc(NC(=O)COc2ccc(/C=C3\SC(=O)N(CC(N)=O)C3=O)cc2)c(C)c1. The Kier molecular flexibility index (Phi) is 6.76. The summed E-state index contributed by atoms with van der Waals surface area (Å²) in [6.07, 6.45) is 1.54. The van der Waals surface area contributed by atoms with Crippen molar-refractivity contribution in [3.8, 4) is 5.75 Å². The van der Waals surface area contributed by atoms with Crippen LogP contribution in [0, 0.1) is 13.8 Å². The second kappa shape index (κ2) is 9.48. The van der Waals surface area contributed by atoms with Crippen LogP contribution in [0.1, 0.15) is 16.7 Å². The molecule has 1 heterocycles. The first-order valence-electron chi connectivity index (χ1n) is 9.36. The summed E-state index contributed by atoms with van der Waals surface area (Å²) in [7, 11) is 0. The van der Waals surface area contributed by atoms with Crippen LogP contribution in [-0.2, 0) is 14.4 Å². The van der Waals surface area contributed by atoms with Crippen LogP contribution in [0.4, 0.5) is 10.5 Å². The number of benzene rings is 2. The van der Waals surface area contributed by atoms with Crippen molar-refractivity contribution in [2.75, 3.05) is 18.5 Å². The third-order valence-electron chi connectivity index (χ3n) is 4.39. The Balaban J connectivity index is 1.57. The molecule has 9 heteroatoms. The maximum Gasteiger partial charge on any atom is 0.294 e. The van der Waals surface area contributed by atoms with Gasteiger partial charge in [-0.05, 0) is 61.0 Å². The average molecular weight is 439 g/mol. The number of hydrogen-bond donors (Lipinski definition) is 2. The zero-order valence-corrected chi connectivity index (χ0v) is 17.8. The molecule has 0 unspecified atom stereocenters. The van der Waals surface area contributed by atoms with Crippen molar-refractivity contribution in [2.45, 2.75) is 13.8 Å². The lowest BCUT2D eigenvalue weighted by molar-refractivity contribution is -0.127. The van der Waals surface area contributed by atoms with Gasteiger partial charge >= 0.3 is 0 Å². The summed E-state index contributed by atoms with van der Waals surface area (Å²) in [5.41, 5.74) is 8.55. The molecule has 160 valence electrons. The van der Waals surface area contributed by atoms with E-state index in [2.05, 4.69) is 5.32 Å². The highest BCUT2D eigenvalue weighted by molar-refractivity contribution is 8.18. The Morgan fingerprint density at radius 3 is 2.48 bits per heavy atom. The highest BCUT2D eigenvalue weighted by atomic mass is 32.2. The molecule has 4 amide bonds. The Morgan fingerprint density at radius 1 is 1.13 bits per heavy atom. The molecule has 1 aliphatic rings. The van der Waals surface area contributed by atoms with E-state index in [4.69, 9.17) is 10.5 Å². The third kappa shape index (κ3) is 5.73. The molecular weight excluding hydrogens is 418 g/mol. The zero-order valence-electron chi connectivity index (χ0n) is 17.0. The zero-order chi connectivity index (χ0) is 22.5. The van der Waals surface area contributed by atoms with E-state index in [0.717, 1.165) is 33.5 Å². The van der Waals surface area contributed by atoms with Crippen molar-refractivity contribution in [2.24, 2.45) is 5.73 Å². The van der Waals surface area contributed by atoms with Crippen LogP contribution in [0.3, 0.4) is 0 Å². The molecule has 8 nitrogen and oxygen atoms in total. The molecule has 0 radical (unpaired) electrons. The number of amides is 4. The van der Waals surface area contributed by atoms with Gasteiger partial charge in [-0.3, -0.25) is 24.1 Å². The minimum absolute atomic E-state index is 0.154. The lowest BCUT2D eigenvalue weighted by atomic mass is 10.1. The summed E-state index contributed by atoms with van der Waals surface area (Å²) in [5, 5.41) is 2.27. The number of nitrogens with two attached hydrogens (primary N) is 1. The van der Waals surface area contributed by atoms with E-state index in [-0.39, 0.29) is 17.4 Å². The number of ether oxygens (including phenoxy) is 1. The molecule has 1 fully saturated rings. The van der Waals surface area contributed by atoms with Gasteiger partial charge in [-0.1, -0.05) is 29.8 Å². The summed E-state index contributed by atoms with van der Waals surface area (Å²) in [5.74, 6) is -1.11. The highest BCUT2D eigenvalue weighted by Crippen LogP contribution is 2.32. The van der Waals surface area contributed by atoms with E-state index in [0.29, 0.717) is 11.3 Å². The maximum absolute atomic E-state index is 12.2. The van der Waals surface area contributed by atoms with Crippen molar-refractivity contribution < 1.29 is 23.9 Å². The molecule has 1 aliphatic heterocycles. The van der Waals surface area contributed by atoms with Gasteiger partial charge in [0.1, 0.15) is 12.3 Å². The Hall–Kier alpha value is -3.59. The smallest absolute Gasteiger partial charge is 0.294 e. The standard InChI is InChI=1S/C22H21N3O5S/c1-13-3-8-17(14(2)9-13)24-20(27)12-30-16-6-4-15(5-7-16)10-18-21(28)25(11-19(23)26)22(29)31-18/h3-10H,11-12H2,1-2H3,(H2,23,26)(H,24,27)/b18-10-. The Morgan fingerprint density at radius 2 is 1.84 bits per heavy atom. The van der Waals surface area contributed by atoms with Gasteiger partial charge in [-0.15, -0.1) is 0 Å². The molecule has 0 bridgehead atoms. The molecule has 0 saturated carbocycles. The summed E-state index contributed by atoms with van der Waals surface area (Å²) in [6.45, 7) is 3.31. The van der Waals surface area contributed by atoms with Gasteiger partial charge in [0.2, 0.25) is 5.91 Å². The molecule has 0 aliphatic carbocycles. The van der Waals surface area contributed by atoms with Crippen LogP contribution >= 0.6 is 11.8 Å². The van der Waals surface area contributed by atoms with Gasteiger partial charge in [0.15, 0.2) is 6.61 Å². The van der Waals surface area contributed by atoms with Gasteiger partial charge in [0.05, 0.1) is 4.91 Å². The minimum Gasteiger partial charge on any atom is -0.484 e. The average Bonchev–Trinajstić information content (AvgIpc) is 2.96. The van der Waals surface area contributed by atoms with E-state index < -0.39 is 23.6 Å². The van der Waals surface area contributed by atoms with Crippen molar-refractivity contribution in [1.82, 2.24) is 4.90 Å². The number of carbonyl (C=O) groups is 4. The number of rotatable bonds is 7. The molecule has 0 aromatic heterocycles. The number of thioether (sulfide) groups is 1. The maximum atomic E-state index is 12.2. The van der Waals surface area contributed by atoms with Gasteiger partial charge in [-0.2, -0.15) is 0 Å². The molecule has 0 spiro atoms. The van der Waals surface area contributed by atoms with Crippen LogP contribution in [0.2, 0.25) is 0 Å². The molecule has 0 atom stereocenters. The quantitative estimate of drug-likeness (QED) is 0.641.